The van der Waals surface area contributed by atoms with Crippen LogP contribution in [0.15, 0.2) is 35.6 Å². The normalized spacial score (nSPS) is 23.9. The first-order chi connectivity index (χ1) is 13.8. The lowest BCUT2D eigenvalue weighted by Gasteiger charge is -2.19. The molecule has 2 aliphatic heterocycles. The molecule has 0 spiro atoms. The minimum Gasteiger partial charge on any atom is -0.466 e. The van der Waals surface area contributed by atoms with E-state index in [1.807, 2.05) is 0 Å². The van der Waals surface area contributed by atoms with Gasteiger partial charge in [-0.05, 0) is 19.9 Å². The number of hydrogen-bond donors (Lipinski definition) is 1. The van der Waals surface area contributed by atoms with Crippen LogP contribution in [0, 0.1) is 12.3 Å². The fourth-order valence-corrected chi connectivity index (χ4v) is 1.91. The molecule has 2 heterocycles. The van der Waals surface area contributed by atoms with E-state index in [1.54, 1.807) is 26.7 Å². The molecule has 0 fully saturated rings. The maximum Gasteiger partial charge on any atom is 0.383 e. The van der Waals surface area contributed by atoms with Gasteiger partial charge in [0.15, 0.2) is 0 Å². The second-order valence-corrected chi connectivity index (χ2v) is 6.08. The predicted octanol–water partition coefficient (Wildman–Crippen LogP) is 0.900. The first-order valence-electron chi connectivity index (χ1n) is 8.34. The summed E-state index contributed by atoms with van der Waals surface area (Å²) in [7, 11) is 2.50. The van der Waals surface area contributed by atoms with Crippen LogP contribution in [-0.2, 0) is 42.9 Å². The Morgan fingerprint density at radius 1 is 1.07 bits per heavy atom. The van der Waals surface area contributed by atoms with Crippen molar-refractivity contribution < 1.29 is 48.0 Å². The minimum absolute atomic E-state index is 0.427. The van der Waals surface area contributed by atoms with Gasteiger partial charge in [0.25, 0.3) is 5.79 Å². The average Bonchev–Trinajstić information content (AvgIpc) is 3.06. The molecule has 0 saturated carbocycles. The molecule has 0 aromatic rings. The minimum atomic E-state index is -1.37. The third-order valence-electron chi connectivity index (χ3n) is 3.21. The Hall–Kier alpha value is -3.58. The van der Waals surface area contributed by atoms with Gasteiger partial charge in [0.05, 0.1) is 26.6 Å². The number of carbonyl (C=O) groups is 4. The third-order valence-corrected chi connectivity index (χ3v) is 3.21. The summed E-state index contributed by atoms with van der Waals surface area (Å²) in [6.07, 6.45) is 9.71. The fraction of sp³-hybridized carbons (Fsp3) is 0.400. The first-order valence-corrected chi connectivity index (χ1v) is 8.34. The maximum absolute atomic E-state index is 11.1. The van der Waals surface area contributed by atoms with E-state index in [1.165, 1.54) is 33.3 Å². The largest absolute Gasteiger partial charge is 0.466 e. The molecule has 1 N–H and O–H groups in total. The highest BCUT2D eigenvalue weighted by atomic mass is 16.7. The molecule has 0 saturated heterocycles. The Kier molecular flexibility index (Phi) is 10.1. The number of terminal acetylenes is 1. The predicted molar refractivity (Wildman–Crippen MR) is 102 cm³/mol. The number of aliphatic hydroxyl groups is 1. The molecule has 10 nitrogen and oxygen atoms in total. The van der Waals surface area contributed by atoms with Gasteiger partial charge in [0, 0.05) is 37.0 Å². The van der Waals surface area contributed by atoms with Gasteiger partial charge in [-0.25, -0.2) is 19.2 Å². The number of cyclic esters (lactones) is 2. The monoisotopic (exact) mass is 424 g/mol. The molecule has 0 amide bonds. The molecule has 2 aliphatic rings. The van der Waals surface area contributed by atoms with E-state index in [0.717, 1.165) is 12.3 Å². The zero-order valence-electron chi connectivity index (χ0n) is 17.5. The average molecular weight is 424 g/mol. The molecule has 0 bridgehead atoms. The lowest BCUT2D eigenvalue weighted by Crippen LogP contribution is -2.25. The number of esters is 4. The summed E-state index contributed by atoms with van der Waals surface area (Å²) in [5, 5.41) is 9.02. The molecule has 2 unspecified atom stereocenters. The zero-order valence-corrected chi connectivity index (χ0v) is 17.5. The first kappa shape index (κ1) is 26.4. The summed E-state index contributed by atoms with van der Waals surface area (Å²) in [4.78, 5) is 42.0. The van der Waals surface area contributed by atoms with Crippen LogP contribution in [0.25, 0.3) is 0 Å². The van der Waals surface area contributed by atoms with Crippen LogP contribution in [0.2, 0.25) is 0 Å². The number of carbonyl (C=O) groups excluding carboxylic acids is 4. The van der Waals surface area contributed by atoms with Gasteiger partial charge in [0.1, 0.15) is 0 Å². The summed E-state index contributed by atoms with van der Waals surface area (Å²) in [6, 6.07) is 0. The Morgan fingerprint density at radius 3 is 1.87 bits per heavy atom. The Labute approximate surface area is 174 Å². The second kappa shape index (κ2) is 11.4. The number of hydrogen-bond acceptors (Lipinski definition) is 10. The van der Waals surface area contributed by atoms with Crippen molar-refractivity contribution >= 4 is 23.9 Å². The summed E-state index contributed by atoms with van der Waals surface area (Å²) in [5.74, 6) is -2.79. The summed E-state index contributed by atoms with van der Waals surface area (Å²) in [6.45, 7) is 6.22. The van der Waals surface area contributed by atoms with Gasteiger partial charge < -0.3 is 28.8 Å². The lowest BCUT2D eigenvalue weighted by atomic mass is 10.2. The van der Waals surface area contributed by atoms with Crippen molar-refractivity contribution in [2.24, 2.45) is 0 Å². The number of ether oxygens (including phenoxy) is 5. The van der Waals surface area contributed by atoms with Gasteiger partial charge in [-0.15, -0.1) is 6.42 Å². The quantitative estimate of drug-likeness (QED) is 0.174. The van der Waals surface area contributed by atoms with Crippen LogP contribution in [0.5, 0.6) is 0 Å². The van der Waals surface area contributed by atoms with Crippen LogP contribution in [-0.4, -0.2) is 54.8 Å². The number of rotatable bonds is 3. The molecule has 2 atom stereocenters. The molecule has 30 heavy (non-hydrogen) atoms. The molecule has 0 aromatic heterocycles. The molecule has 0 aliphatic carbocycles. The van der Waals surface area contributed by atoms with Crippen LogP contribution >= 0.6 is 0 Å². The molecule has 10 heteroatoms. The van der Waals surface area contributed by atoms with E-state index in [4.69, 9.17) is 14.6 Å². The van der Waals surface area contributed by atoms with Crippen molar-refractivity contribution in [1.29, 1.82) is 0 Å². The van der Waals surface area contributed by atoms with Gasteiger partial charge >= 0.3 is 23.9 Å². The van der Waals surface area contributed by atoms with Crippen LogP contribution in [0.4, 0.5) is 0 Å². The molecule has 164 valence electrons. The van der Waals surface area contributed by atoms with Crippen molar-refractivity contribution in [3.8, 4) is 12.3 Å². The fourth-order valence-electron chi connectivity index (χ4n) is 1.91. The van der Waals surface area contributed by atoms with Crippen molar-refractivity contribution in [1.82, 2.24) is 0 Å². The van der Waals surface area contributed by atoms with Crippen LogP contribution < -0.4 is 0 Å². The van der Waals surface area contributed by atoms with E-state index < -0.39 is 35.5 Å². The smallest absolute Gasteiger partial charge is 0.383 e. The summed E-state index contributed by atoms with van der Waals surface area (Å²) in [5.41, 5.74) is 0.934. The van der Waals surface area contributed by atoms with E-state index in [-0.39, 0.29) is 0 Å². The van der Waals surface area contributed by atoms with Gasteiger partial charge in [-0.2, -0.15) is 0 Å². The standard InChI is InChI=1S/C10H12O5.C6H8O3.C4H4O2/c1-7-6-10(2,15-9(7)12)14-5-4-8(11)13-3;1-4-3-6(2,8)9-5(4)7;1-3-4(5)6-2/h4-6H,1-3H3;3,8H,1-2H3;1H,2H3/b5-4+;;. The van der Waals surface area contributed by atoms with Gasteiger partial charge in [-0.1, -0.05) is 0 Å². The molecular weight excluding hydrogens is 400 g/mol. The van der Waals surface area contributed by atoms with E-state index in [0.29, 0.717) is 11.1 Å². The van der Waals surface area contributed by atoms with Crippen LogP contribution in [0.3, 0.4) is 0 Å². The highest BCUT2D eigenvalue weighted by Gasteiger charge is 2.35. The summed E-state index contributed by atoms with van der Waals surface area (Å²) >= 11 is 0. The molecular formula is C20H24O10. The van der Waals surface area contributed by atoms with E-state index in [9.17, 15) is 19.2 Å². The second-order valence-electron chi connectivity index (χ2n) is 6.08. The third kappa shape index (κ3) is 9.57. The topological polar surface area (TPSA) is 135 Å². The highest BCUT2D eigenvalue weighted by Crippen LogP contribution is 2.25. The SMILES string of the molecule is C#CC(=O)OC.CC1=CC(C)(O)OC1=O.COC(=O)/C=C/OC1(C)C=C(C)C(=O)O1. The maximum atomic E-state index is 11.1. The van der Waals surface area contributed by atoms with Gasteiger partial charge in [-0.3, -0.25) is 0 Å². The Balaban J connectivity index is 0.000000475. The van der Waals surface area contributed by atoms with E-state index >= 15 is 0 Å². The lowest BCUT2D eigenvalue weighted by molar-refractivity contribution is -0.175. The van der Waals surface area contributed by atoms with Crippen molar-refractivity contribution in [2.45, 2.75) is 39.3 Å². The van der Waals surface area contributed by atoms with E-state index in [2.05, 4.69) is 20.6 Å². The number of methoxy groups -OCH3 is 2. The Morgan fingerprint density at radius 2 is 1.60 bits per heavy atom. The highest BCUT2D eigenvalue weighted by molar-refractivity contribution is 5.91. The molecule has 2 rings (SSSR count). The molecule has 0 aromatic carbocycles. The summed E-state index contributed by atoms with van der Waals surface area (Å²) < 4.78 is 22.9. The van der Waals surface area contributed by atoms with Crippen molar-refractivity contribution in [3.05, 3.63) is 35.6 Å². The molecule has 0 radical (unpaired) electrons. The van der Waals surface area contributed by atoms with Gasteiger partial charge in [0.2, 0.25) is 5.79 Å². The van der Waals surface area contributed by atoms with Crippen molar-refractivity contribution in [2.75, 3.05) is 14.2 Å². The van der Waals surface area contributed by atoms with Crippen LogP contribution in [0.1, 0.15) is 27.7 Å². The van der Waals surface area contributed by atoms with Crippen molar-refractivity contribution in [3.63, 3.8) is 0 Å². The zero-order chi connectivity index (χ0) is 23.5. The Bertz CT molecular complexity index is 810.